The van der Waals surface area contributed by atoms with Crippen LogP contribution in [-0.4, -0.2) is 39.0 Å². The fraction of sp³-hybridized carbons (Fsp3) is 0.500. The molecule has 0 aromatic heterocycles. The zero-order valence-electron chi connectivity index (χ0n) is 11.8. The molecule has 1 amide bonds. The van der Waals surface area contributed by atoms with Crippen LogP contribution in [0.3, 0.4) is 0 Å². The van der Waals surface area contributed by atoms with E-state index in [1.165, 1.54) is 0 Å². The van der Waals surface area contributed by atoms with E-state index < -0.39 is 6.09 Å². The number of rotatable bonds is 7. The van der Waals surface area contributed by atoms with Crippen LogP contribution >= 0.6 is 0 Å². The molecule has 6 nitrogen and oxygen atoms in total. The molecule has 0 saturated carbocycles. The fourth-order valence-electron chi connectivity index (χ4n) is 2.03. The van der Waals surface area contributed by atoms with Gasteiger partial charge in [0.25, 0.3) is 0 Å². The van der Waals surface area contributed by atoms with Gasteiger partial charge in [0.05, 0.1) is 13.2 Å². The molecule has 1 atom stereocenters. The van der Waals surface area contributed by atoms with Crippen LogP contribution in [0.4, 0.5) is 4.79 Å². The van der Waals surface area contributed by atoms with E-state index in [9.17, 15) is 4.79 Å². The molecule has 1 aliphatic rings. The minimum absolute atomic E-state index is 0.264. The minimum atomic E-state index is -0.396. The molecular formula is C14H20N2O4. The molecule has 2 N–H and O–H groups in total. The first kappa shape index (κ1) is 14.5. The van der Waals surface area contributed by atoms with Crippen molar-refractivity contribution in [2.24, 2.45) is 0 Å². The van der Waals surface area contributed by atoms with Crippen molar-refractivity contribution in [3.05, 3.63) is 23.8 Å². The van der Waals surface area contributed by atoms with Crippen molar-refractivity contribution in [2.75, 3.05) is 26.8 Å². The van der Waals surface area contributed by atoms with Crippen molar-refractivity contribution >= 4 is 6.09 Å². The third kappa shape index (κ3) is 3.54. The van der Waals surface area contributed by atoms with Crippen molar-refractivity contribution in [1.29, 1.82) is 0 Å². The average Bonchev–Trinajstić information content (AvgIpc) is 2.84. The van der Waals surface area contributed by atoms with E-state index >= 15 is 0 Å². The van der Waals surface area contributed by atoms with E-state index in [-0.39, 0.29) is 6.10 Å². The Kier molecular flexibility index (Phi) is 5.06. The summed E-state index contributed by atoms with van der Waals surface area (Å²) in [5.74, 6) is 1.41. The van der Waals surface area contributed by atoms with E-state index in [0.29, 0.717) is 37.8 Å². The number of benzene rings is 1. The van der Waals surface area contributed by atoms with Crippen LogP contribution < -0.4 is 20.1 Å². The first-order valence-electron chi connectivity index (χ1n) is 6.71. The highest BCUT2D eigenvalue weighted by molar-refractivity contribution is 5.69. The molecule has 1 aliphatic heterocycles. The van der Waals surface area contributed by atoms with Gasteiger partial charge in [-0.2, -0.15) is 0 Å². The Morgan fingerprint density at radius 2 is 2.30 bits per heavy atom. The molecule has 1 heterocycles. The molecule has 0 radical (unpaired) electrons. The molecule has 1 aromatic carbocycles. The number of hydrogen-bond donors (Lipinski definition) is 2. The SMILES string of the molecule is CCOc1cccc(CNC)c1OCC1CNC(=O)O1. The first-order valence-corrected chi connectivity index (χ1v) is 6.71. The van der Waals surface area contributed by atoms with Gasteiger partial charge in [0.1, 0.15) is 6.61 Å². The molecule has 2 rings (SSSR count). The second-order valence-electron chi connectivity index (χ2n) is 4.43. The van der Waals surface area contributed by atoms with Gasteiger partial charge in [-0.1, -0.05) is 12.1 Å². The van der Waals surface area contributed by atoms with E-state index in [0.717, 1.165) is 5.56 Å². The zero-order valence-corrected chi connectivity index (χ0v) is 11.8. The summed E-state index contributed by atoms with van der Waals surface area (Å²) in [5.41, 5.74) is 1.01. The lowest BCUT2D eigenvalue weighted by Crippen LogP contribution is -2.22. The Balaban J connectivity index is 2.08. The van der Waals surface area contributed by atoms with Crippen LogP contribution in [0.1, 0.15) is 12.5 Å². The maximum atomic E-state index is 11.0. The Hall–Kier alpha value is -1.95. The third-order valence-electron chi connectivity index (χ3n) is 2.89. The second kappa shape index (κ2) is 7.00. The van der Waals surface area contributed by atoms with Gasteiger partial charge in [-0.05, 0) is 20.0 Å². The normalized spacial score (nSPS) is 17.5. The summed E-state index contributed by atoms with van der Waals surface area (Å²) >= 11 is 0. The van der Waals surface area contributed by atoms with Crippen LogP contribution in [0.5, 0.6) is 11.5 Å². The largest absolute Gasteiger partial charge is 0.490 e. The summed E-state index contributed by atoms with van der Waals surface area (Å²) in [4.78, 5) is 11.0. The number of para-hydroxylation sites is 1. The lowest BCUT2D eigenvalue weighted by Gasteiger charge is -2.17. The topological polar surface area (TPSA) is 68.8 Å². The lowest BCUT2D eigenvalue weighted by molar-refractivity contribution is 0.103. The Bertz CT molecular complexity index is 440. The number of carbonyl (C=O) groups excluding carboxylic acids is 1. The van der Waals surface area contributed by atoms with Crippen LogP contribution in [0.2, 0.25) is 0 Å². The molecule has 1 fully saturated rings. The summed E-state index contributed by atoms with van der Waals surface area (Å²) < 4.78 is 16.5. The van der Waals surface area contributed by atoms with E-state index in [1.807, 2.05) is 32.2 Å². The molecule has 1 unspecified atom stereocenters. The standard InChI is InChI=1S/C14H20N2O4/c1-3-18-12-6-4-5-10(7-15-2)13(12)19-9-11-8-16-14(17)20-11/h4-6,11,15H,3,7-9H2,1-2H3,(H,16,17). The van der Waals surface area contributed by atoms with Gasteiger partial charge in [0.15, 0.2) is 17.6 Å². The molecule has 20 heavy (non-hydrogen) atoms. The zero-order chi connectivity index (χ0) is 14.4. The molecule has 1 saturated heterocycles. The van der Waals surface area contributed by atoms with Gasteiger partial charge in [-0.25, -0.2) is 4.79 Å². The number of hydrogen-bond acceptors (Lipinski definition) is 5. The summed E-state index contributed by atoms with van der Waals surface area (Å²) in [6.07, 6.45) is -0.660. The number of ether oxygens (including phenoxy) is 3. The van der Waals surface area contributed by atoms with Gasteiger partial charge in [0, 0.05) is 12.1 Å². The molecule has 0 aliphatic carbocycles. The highest BCUT2D eigenvalue weighted by Gasteiger charge is 2.24. The van der Waals surface area contributed by atoms with E-state index in [1.54, 1.807) is 0 Å². The maximum Gasteiger partial charge on any atom is 0.407 e. The Morgan fingerprint density at radius 1 is 1.45 bits per heavy atom. The van der Waals surface area contributed by atoms with Gasteiger partial charge in [-0.3, -0.25) is 0 Å². The molecular weight excluding hydrogens is 260 g/mol. The summed E-state index contributed by atoms with van der Waals surface area (Å²) in [6.45, 7) is 3.95. The van der Waals surface area contributed by atoms with Crippen LogP contribution in [-0.2, 0) is 11.3 Å². The summed E-state index contributed by atoms with van der Waals surface area (Å²) in [5, 5.41) is 5.70. The predicted molar refractivity (Wildman–Crippen MR) is 74.1 cm³/mol. The lowest BCUT2D eigenvalue weighted by atomic mass is 10.2. The van der Waals surface area contributed by atoms with E-state index in [2.05, 4.69) is 10.6 Å². The summed E-state index contributed by atoms with van der Waals surface area (Å²) in [6, 6.07) is 5.78. The maximum absolute atomic E-state index is 11.0. The smallest absolute Gasteiger partial charge is 0.407 e. The molecule has 110 valence electrons. The van der Waals surface area contributed by atoms with Crippen molar-refractivity contribution in [3.8, 4) is 11.5 Å². The highest BCUT2D eigenvalue weighted by atomic mass is 16.6. The number of alkyl carbamates (subject to hydrolysis) is 1. The predicted octanol–water partition coefficient (Wildman–Crippen LogP) is 1.29. The molecule has 1 aromatic rings. The average molecular weight is 280 g/mol. The number of carbonyl (C=O) groups is 1. The van der Waals surface area contributed by atoms with Crippen molar-refractivity contribution in [3.63, 3.8) is 0 Å². The van der Waals surface area contributed by atoms with Crippen molar-refractivity contribution in [2.45, 2.75) is 19.6 Å². The van der Waals surface area contributed by atoms with E-state index in [4.69, 9.17) is 14.2 Å². The number of nitrogens with one attached hydrogen (secondary N) is 2. The van der Waals surface area contributed by atoms with Gasteiger partial charge >= 0.3 is 6.09 Å². The third-order valence-corrected chi connectivity index (χ3v) is 2.89. The van der Waals surface area contributed by atoms with Crippen LogP contribution in [0.25, 0.3) is 0 Å². The van der Waals surface area contributed by atoms with Gasteiger partial charge < -0.3 is 24.8 Å². The van der Waals surface area contributed by atoms with Crippen molar-refractivity contribution in [1.82, 2.24) is 10.6 Å². The molecule has 0 bridgehead atoms. The monoisotopic (exact) mass is 280 g/mol. The summed E-state index contributed by atoms with van der Waals surface area (Å²) in [7, 11) is 1.87. The fourth-order valence-corrected chi connectivity index (χ4v) is 2.03. The van der Waals surface area contributed by atoms with Crippen molar-refractivity contribution < 1.29 is 19.0 Å². The quantitative estimate of drug-likeness (QED) is 0.787. The van der Waals surface area contributed by atoms with Gasteiger partial charge in [0.2, 0.25) is 0 Å². The first-order chi connectivity index (χ1) is 9.74. The Morgan fingerprint density at radius 3 is 2.95 bits per heavy atom. The highest BCUT2D eigenvalue weighted by Crippen LogP contribution is 2.31. The second-order valence-corrected chi connectivity index (χ2v) is 4.43. The number of amides is 1. The number of cyclic esters (lactones) is 1. The molecule has 0 spiro atoms. The van der Waals surface area contributed by atoms with Crippen LogP contribution in [0.15, 0.2) is 18.2 Å². The van der Waals surface area contributed by atoms with Gasteiger partial charge in [-0.15, -0.1) is 0 Å². The van der Waals surface area contributed by atoms with Crippen LogP contribution in [0, 0.1) is 0 Å². The Labute approximate surface area is 118 Å². The minimum Gasteiger partial charge on any atom is -0.490 e. The molecule has 6 heteroatoms.